The largest absolute Gasteiger partial charge is 0.317 e. The number of nitrogens with zero attached hydrogens (tertiary/aromatic N) is 2. The summed E-state index contributed by atoms with van der Waals surface area (Å²) in [5, 5.41) is 3.40. The maximum absolute atomic E-state index is 4.64. The fraction of sp³-hybridized carbons (Fsp3) is 0.733. The van der Waals surface area contributed by atoms with Gasteiger partial charge in [0.05, 0.1) is 0 Å². The van der Waals surface area contributed by atoms with Crippen molar-refractivity contribution in [2.45, 2.75) is 53.9 Å². The first-order valence-corrected chi connectivity index (χ1v) is 7.00. The Kier molecular flexibility index (Phi) is 5.73. The van der Waals surface area contributed by atoms with E-state index < -0.39 is 0 Å². The molecule has 0 radical (unpaired) electrons. The van der Waals surface area contributed by atoms with E-state index in [1.165, 1.54) is 5.56 Å². The molecule has 0 fully saturated rings. The lowest BCUT2D eigenvalue weighted by Crippen LogP contribution is -2.23. The zero-order chi connectivity index (χ0) is 13.7. The van der Waals surface area contributed by atoms with E-state index >= 15 is 0 Å². The van der Waals surface area contributed by atoms with Crippen LogP contribution < -0.4 is 5.32 Å². The molecule has 0 aliphatic carbocycles. The van der Waals surface area contributed by atoms with Crippen LogP contribution in [-0.2, 0) is 6.42 Å². The number of rotatable bonds is 6. The van der Waals surface area contributed by atoms with Gasteiger partial charge in [-0.15, -0.1) is 0 Å². The third kappa shape index (κ3) is 4.05. The summed E-state index contributed by atoms with van der Waals surface area (Å²) in [6, 6.07) is 0. The fourth-order valence-corrected chi connectivity index (χ4v) is 2.13. The van der Waals surface area contributed by atoms with Gasteiger partial charge in [0.2, 0.25) is 0 Å². The second-order valence-electron chi connectivity index (χ2n) is 5.50. The van der Waals surface area contributed by atoms with E-state index in [4.69, 9.17) is 0 Å². The van der Waals surface area contributed by atoms with Crippen LogP contribution in [-0.4, -0.2) is 23.1 Å². The third-order valence-electron chi connectivity index (χ3n) is 3.25. The maximum Gasteiger partial charge on any atom is 0.131 e. The molecule has 102 valence electrons. The van der Waals surface area contributed by atoms with Gasteiger partial charge in [0.1, 0.15) is 5.82 Å². The molecule has 3 nitrogen and oxygen atoms in total. The molecule has 0 saturated carbocycles. The van der Waals surface area contributed by atoms with Gasteiger partial charge in [-0.25, -0.2) is 9.97 Å². The first-order valence-electron chi connectivity index (χ1n) is 7.00. The molecule has 0 saturated heterocycles. The van der Waals surface area contributed by atoms with Crippen molar-refractivity contribution in [1.29, 1.82) is 0 Å². The number of hydrogen-bond donors (Lipinski definition) is 1. The van der Waals surface area contributed by atoms with Gasteiger partial charge in [0.15, 0.2) is 0 Å². The maximum atomic E-state index is 4.64. The molecule has 0 bridgehead atoms. The Morgan fingerprint density at radius 2 is 1.61 bits per heavy atom. The molecule has 1 aromatic heterocycles. The van der Waals surface area contributed by atoms with Gasteiger partial charge < -0.3 is 5.32 Å². The predicted molar refractivity (Wildman–Crippen MR) is 77.0 cm³/mol. The van der Waals surface area contributed by atoms with Crippen LogP contribution in [0.5, 0.6) is 0 Å². The zero-order valence-electron chi connectivity index (χ0n) is 12.7. The van der Waals surface area contributed by atoms with E-state index in [1.807, 2.05) is 0 Å². The van der Waals surface area contributed by atoms with Crippen molar-refractivity contribution < 1.29 is 0 Å². The molecular formula is C15H27N3. The summed E-state index contributed by atoms with van der Waals surface area (Å²) in [6.07, 6.45) is 1.06. The lowest BCUT2D eigenvalue weighted by atomic mass is 9.98. The summed E-state index contributed by atoms with van der Waals surface area (Å²) < 4.78 is 0. The molecule has 3 heteroatoms. The third-order valence-corrected chi connectivity index (χ3v) is 3.25. The number of hydrogen-bond acceptors (Lipinski definition) is 3. The van der Waals surface area contributed by atoms with Crippen LogP contribution in [0.25, 0.3) is 0 Å². The highest BCUT2D eigenvalue weighted by molar-refractivity contribution is 5.25. The topological polar surface area (TPSA) is 37.8 Å². The van der Waals surface area contributed by atoms with Crippen molar-refractivity contribution in [3.63, 3.8) is 0 Å². The molecule has 0 aliphatic heterocycles. The zero-order valence-corrected chi connectivity index (χ0v) is 12.7. The molecule has 0 aliphatic rings. The van der Waals surface area contributed by atoms with Crippen LogP contribution in [0.2, 0.25) is 0 Å². The minimum absolute atomic E-state index is 0.399. The van der Waals surface area contributed by atoms with E-state index in [-0.39, 0.29) is 0 Å². The second-order valence-corrected chi connectivity index (χ2v) is 5.50. The Morgan fingerprint density at radius 3 is 2.06 bits per heavy atom. The molecule has 0 aromatic carbocycles. The molecule has 1 unspecified atom stereocenters. The van der Waals surface area contributed by atoms with Crippen LogP contribution in [0, 0.1) is 19.8 Å². The normalized spacial score (nSPS) is 13.1. The fourth-order valence-electron chi connectivity index (χ4n) is 2.13. The summed E-state index contributed by atoms with van der Waals surface area (Å²) in [5.74, 6) is 1.99. The lowest BCUT2D eigenvalue weighted by molar-refractivity contribution is 0.516. The molecule has 1 aromatic rings. The molecule has 0 amide bonds. The molecule has 18 heavy (non-hydrogen) atoms. The van der Waals surface area contributed by atoms with Gasteiger partial charge in [-0.3, -0.25) is 0 Å². The van der Waals surface area contributed by atoms with Crippen LogP contribution >= 0.6 is 0 Å². The van der Waals surface area contributed by atoms with Gasteiger partial charge in [0.25, 0.3) is 0 Å². The van der Waals surface area contributed by atoms with E-state index in [0.717, 1.165) is 36.7 Å². The van der Waals surface area contributed by atoms with E-state index in [2.05, 4.69) is 56.8 Å². The Balaban J connectivity index is 2.83. The average molecular weight is 249 g/mol. The Bertz CT molecular complexity index is 362. The summed E-state index contributed by atoms with van der Waals surface area (Å²) in [6.45, 7) is 15.0. The summed E-state index contributed by atoms with van der Waals surface area (Å²) in [4.78, 5) is 9.27. The minimum atomic E-state index is 0.399. The molecule has 1 rings (SSSR count). The summed E-state index contributed by atoms with van der Waals surface area (Å²) in [7, 11) is 0. The molecule has 0 spiro atoms. The Labute approximate surface area is 111 Å². The summed E-state index contributed by atoms with van der Waals surface area (Å²) in [5.41, 5.74) is 3.62. The quantitative estimate of drug-likeness (QED) is 0.842. The average Bonchev–Trinajstić information content (AvgIpc) is 2.30. The molecule has 1 atom stereocenters. The van der Waals surface area contributed by atoms with Crippen LogP contribution in [0.1, 0.15) is 56.4 Å². The van der Waals surface area contributed by atoms with Crippen LogP contribution in [0.4, 0.5) is 0 Å². The highest BCUT2D eigenvalue weighted by atomic mass is 14.9. The van der Waals surface area contributed by atoms with Gasteiger partial charge in [-0.2, -0.15) is 0 Å². The Morgan fingerprint density at radius 1 is 1.06 bits per heavy atom. The first-order chi connectivity index (χ1) is 8.45. The van der Waals surface area contributed by atoms with Gasteiger partial charge >= 0.3 is 0 Å². The van der Waals surface area contributed by atoms with E-state index in [9.17, 15) is 0 Å². The van der Waals surface area contributed by atoms with Crippen LogP contribution in [0.3, 0.4) is 0 Å². The standard InChI is InChI=1S/C15H27N3/c1-7-16-9-11(4)8-14-12(5)17-15(10(2)3)18-13(14)6/h10-11,16H,7-9H2,1-6H3. The number of aryl methyl sites for hydroxylation is 2. The number of nitrogens with one attached hydrogen (secondary N) is 1. The minimum Gasteiger partial charge on any atom is -0.317 e. The lowest BCUT2D eigenvalue weighted by Gasteiger charge is -2.16. The van der Waals surface area contributed by atoms with Gasteiger partial charge in [-0.05, 0) is 44.8 Å². The van der Waals surface area contributed by atoms with Crippen LogP contribution in [0.15, 0.2) is 0 Å². The van der Waals surface area contributed by atoms with Crippen molar-refractivity contribution in [1.82, 2.24) is 15.3 Å². The Hall–Kier alpha value is -0.960. The molecule has 1 heterocycles. The summed E-state index contributed by atoms with van der Waals surface area (Å²) >= 11 is 0. The van der Waals surface area contributed by atoms with Crippen molar-refractivity contribution in [2.24, 2.45) is 5.92 Å². The number of aromatic nitrogens is 2. The highest BCUT2D eigenvalue weighted by Crippen LogP contribution is 2.18. The van der Waals surface area contributed by atoms with Gasteiger partial charge in [-0.1, -0.05) is 27.7 Å². The van der Waals surface area contributed by atoms with Crippen molar-refractivity contribution >= 4 is 0 Å². The smallest absolute Gasteiger partial charge is 0.131 e. The van der Waals surface area contributed by atoms with Crippen molar-refractivity contribution in [3.05, 3.63) is 22.8 Å². The highest BCUT2D eigenvalue weighted by Gasteiger charge is 2.13. The van der Waals surface area contributed by atoms with E-state index in [0.29, 0.717) is 11.8 Å². The van der Waals surface area contributed by atoms with Gasteiger partial charge in [0, 0.05) is 17.3 Å². The second kappa shape index (κ2) is 6.83. The van der Waals surface area contributed by atoms with Crippen molar-refractivity contribution in [2.75, 3.05) is 13.1 Å². The first kappa shape index (κ1) is 15.1. The van der Waals surface area contributed by atoms with Crippen molar-refractivity contribution in [3.8, 4) is 0 Å². The SMILES string of the molecule is CCNCC(C)Cc1c(C)nc(C(C)C)nc1C. The predicted octanol–water partition coefficient (Wildman–Crippen LogP) is 3.00. The molecule has 1 N–H and O–H groups in total. The molecular weight excluding hydrogens is 222 g/mol. The van der Waals surface area contributed by atoms with E-state index in [1.54, 1.807) is 0 Å². The monoisotopic (exact) mass is 249 g/mol.